The van der Waals surface area contributed by atoms with Gasteiger partial charge in [0.15, 0.2) is 0 Å². The number of Topliss-reactive ketones (excluding diaryl/α,β-unsaturated/α-hetero) is 1. The quantitative estimate of drug-likeness (QED) is 0.609. The van der Waals surface area contributed by atoms with Crippen LogP contribution in [0.25, 0.3) is 0 Å². The number of aliphatic carboxylic acids is 2. The highest BCUT2D eigenvalue weighted by Gasteiger charge is 2.37. The SMILES string of the molecule is O=C(CCCC(=O)N1CCC[C@@H]1C(=O)O)C(=O)N1CCC[C@@H]1C(=O)O. The number of likely N-dealkylation sites (tertiary alicyclic amines) is 2. The van der Waals surface area contributed by atoms with Crippen molar-refractivity contribution in [1.82, 2.24) is 9.80 Å². The minimum absolute atomic E-state index is 0.00877. The fourth-order valence-electron chi connectivity index (χ4n) is 3.40. The van der Waals surface area contributed by atoms with E-state index in [1.807, 2.05) is 0 Å². The van der Waals surface area contributed by atoms with Crippen LogP contribution in [0.15, 0.2) is 0 Å². The van der Waals surface area contributed by atoms with Crippen LogP contribution >= 0.6 is 0 Å². The molecule has 9 heteroatoms. The largest absolute Gasteiger partial charge is 0.480 e. The lowest BCUT2D eigenvalue weighted by atomic mass is 10.1. The van der Waals surface area contributed by atoms with Gasteiger partial charge in [-0.1, -0.05) is 0 Å². The van der Waals surface area contributed by atoms with Gasteiger partial charge in [0.2, 0.25) is 11.7 Å². The van der Waals surface area contributed by atoms with Crippen LogP contribution in [-0.2, 0) is 24.0 Å². The van der Waals surface area contributed by atoms with Crippen molar-refractivity contribution < 1.29 is 34.2 Å². The number of amides is 2. The normalized spacial score (nSPS) is 22.9. The highest BCUT2D eigenvalue weighted by atomic mass is 16.4. The molecule has 9 nitrogen and oxygen atoms in total. The average molecular weight is 354 g/mol. The number of ketones is 1. The Kier molecular flexibility index (Phi) is 6.11. The van der Waals surface area contributed by atoms with Gasteiger partial charge in [0.1, 0.15) is 12.1 Å². The molecule has 138 valence electrons. The van der Waals surface area contributed by atoms with Crippen LogP contribution in [-0.4, -0.2) is 74.7 Å². The molecule has 0 aromatic rings. The Morgan fingerprint density at radius 1 is 0.800 bits per heavy atom. The van der Waals surface area contributed by atoms with E-state index in [9.17, 15) is 24.0 Å². The molecule has 0 aliphatic carbocycles. The zero-order valence-corrected chi connectivity index (χ0v) is 13.8. The lowest BCUT2D eigenvalue weighted by molar-refractivity contribution is -0.152. The Labute approximate surface area is 144 Å². The van der Waals surface area contributed by atoms with Crippen LogP contribution in [0.2, 0.25) is 0 Å². The summed E-state index contributed by atoms with van der Waals surface area (Å²) in [5.41, 5.74) is 0. The van der Waals surface area contributed by atoms with Gasteiger partial charge in [-0.15, -0.1) is 0 Å². The summed E-state index contributed by atoms with van der Waals surface area (Å²) in [5, 5.41) is 18.1. The monoisotopic (exact) mass is 354 g/mol. The molecule has 0 saturated carbocycles. The third kappa shape index (κ3) is 4.34. The summed E-state index contributed by atoms with van der Waals surface area (Å²) in [4.78, 5) is 60.7. The molecule has 2 fully saturated rings. The fourth-order valence-corrected chi connectivity index (χ4v) is 3.40. The van der Waals surface area contributed by atoms with E-state index in [1.54, 1.807) is 0 Å². The molecule has 0 unspecified atom stereocenters. The summed E-state index contributed by atoms with van der Waals surface area (Å²) in [7, 11) is 0. The van der Waals surface area contributed by atoms with Crippen LogP contribution in [0.1, 0.15) is 44.9 Å². The summed E-state index contributed by atoms with van der Waals surface area (Å²) in [5.74, 6) is -4.03. The summed E-state index contributed by atoms with van der Waals surface area (Å²) in [6, 6.07) is -1.77. The Bertz CT molecular complexity index is 589. The summed E-state index contributed by atoms with van der Waals surface area (Å²) >= 11 is 0. The molecule has 2 saturated heterocycles. The number of rotatable bonds is 7. The van der Waals surface area contributed by atoms with Gasteiger partial charge in [0, 0.05) is 25.9 Å². The number of carboxylic acid groups (broad SMARTS) is 2. The molecule has 2 rings (SSSR count). The van der Waals surface area contributed by atoms with E-state index in [2.05, 4.69) is 0 Å². The molecule has 0 spiro atoms. The first kappa shape index (κ1) is 18.9. The van der Waals surface area contributed by atoms with Crippen molar-refractivity contribution in [3.05, 3.63) is 0 Å². The van der Waals surface area contributed by atoms with E-state index in [-0.39, 0.29) is 31.7 Å². The molecule has 0 aromatic carbocycles. The Morgan fingerprint density at radius 3 is 1.88 bits per heavy atom. The highest BCUT2D eigenvalue weighted by molar-refractivity contribution is 6.36. The first-order valence-corrected chi connectivity index (χ1v) is 8.41. The molecule has 2 atom stereocenters. The number of nitrogens with zero attached hydrogens (tertiary/aromatic N) is 2. The predicted molar refractivity (Wildman–Crippen MR) is 83.6 cm³/mol. The molecule has 2 heterocycles. The van der Waals surface area contributed by atoms with Crippen molar-refractivity contribution in [2.75, 3.05) is 13.1 Å². The average Bonchev–Trinajstić information content (AvgIpc) is 3.22. The molecule has 2 aliphatic heterocycles. The second kappa shape index (κ2) is 8.09. The van der Waals surface area contributed by atoms with Crippen molar-refractivity contribution in [2.45, 2.75) is 57.0 Å². The maximum atomic E-state index is 12.1. The van der Waals surface area contributed by atoms with Crippen molar-refractivity contribution >= 4 is 29.5 Å². The van der Waals surface area contributed by atoms with E-state index in [4.69, 9.17) is 10.2 Å². The molecule has 2 amide bonds. The molecule has 0 radical (unpaired) electrons. The Morgan fingerprint density at radius 2 is 1.32 bits per heavy atom. The van der Waals surface area contributed by atoms with Gasteiger partial charge >= 0.3 is 11.9 Å². The van der Waals surface area contributed by atoms with Gasteiger partial charge in [-0.25, -0.2) is 9.59 Å². The van der Waals surface area contributed by atoms with E-state index >= 15 is 0 Å². The van der Waals surface area contributed by atoms with E-state index in [0.717, 1.165) is 4.90 Å². The van der Waals surface area contributed by atoms with Crippen molar-refractivity contribution in [3.63, 3.8) is 0 Å². The summed E-state index contributed by atoms with van der Waals surface area (Å²) < 4.78 is 0. The van der Waals surface area contributed by atoms with E-state index in [1.165, 1.54) is 4.90 Å². The standard InChI is InChI=1S/C16H22N2O7/c19-12(14(21)18-9-3-5-11(18)16(24)25)6-1-7-13(20)17-8-2-4-10(17)15(22)23/h10-11H,1-9H2,(H,22,23)(H,24,25)/t10-,11-/m1/s1. The van der Waals surface area contributed by atoms with Gasteiger partial charge < -0.3 is 20.0 Å². The van der Waals surface area contributed by atoms with Crippen molar-refractivity contribution in [1.29, 1.82) is 0 Å². The second-order valence-electron chi connectivity index (χ2n) is 6.35. The van der Waals surface area contributed by atoms with Crippen LogP contribution in [0, 0.1) is 0 Å². The molecular formula is C16H22N2O7. The van der Waals surface area contributed by atoms with Crippen LogP contribution < -0.4 is 0 Å². The third-order valence-corrected chi connectivity index (χ3v) is 4.69. The number of hydrogen-bond acceptors (Lipinski definition) is 5. The maximum Gasteiger partial charge on any atom is 0.326 e. The fraction of sp³-hybridized carbons (Fsp3) is 0.688. The minimum Gasteiger partial charge on any atom is -0.480 e. The predicted octanol–water partition coefficient (Wildman–Crippen LogP) is -0.123. The molecular weight excluding hydrogens is 332 g/mol. The van der Waals surface area contributed by atoms with Crippen molar-refractivity contribution in [3.8, 4) is 0 Å². The second-order valence-corrected chi connectivity index (χ2v) is 6.35. The number of carbonyl (C=O) groups is 5. The number of carboxylic acids is 2. The minimum atomic E-state index is -1.12. The lowest BCUT2D eigenvalue weighted by Crippen LogP contribution is -2.44. The highest BCUT2D eigenvalue weighted by Crippen LogP contribution is 2.20. The molecule has 2 aliphatic rings. The van der Waals surface area contributed by atoms with Gasteiger partial charge in [0.25, 0.3) is 5.91 Å². The zero-order chi connectivity index (χ0) is 18.6. The van der Waals surface area contributed by atoms with Gasteiger partial charge in [0.05, 0.1) is 0 Å². The van der Waals surface area contributed by atoms with Gasteiger partial charge in [-0.3, -0.25) is 14.4 Å². The van der Waals surface area contributed by atoms with Crippen LogP contribution in [0.4, 0.5) is 0 Å². The van der Waals surface area contributed by atoms with Gasteiger partial charge in [-0.2, -0.15) is 0 Å². The topological polar surface area (TPSA) is 132 Å². The zero-order valence-electron chi connectivity index (χ0n) is 13.8. The summed E-state index contributed by atoms with van der Waals surface area (Å²) in [6.07, 6.45) is 1.90. The maximum absolute atomic E-state index is 12.1. The van der Waals surface area contributed by atoms with E-state index < -0.39 is 35.7 Å². The third-order valence-electron chi connectivity index (χ3n) is 4.69. The Balaban J connectivity index is 1.80. The molecule has 0 aromatic heterocycles. The molecule has 25 heavy (non-hydrogen) atoms. The molecule has 2 N–H and O–H groups in total. The van der Waals surface area contributed by atoms with Crippen LogP contribution in [0.3, 0.4) is 0 Å². The molecule has 0 bridgehead atoms. The number of carbonyl (C=O) groups excluding carboxylic acids is 3. The number of hydrogen-bond donors (Lipinski definition) is 2. The smallest absolute Gasteiger partial charge is 0.326 e. The van der Waals surface area contributed by atoms with Gasteiger partial charge in [-0.05, 0) is 32.1 Å². The van der Waals surface area contributed by atoms with Crippen molar-refractivity contribution in [2.24, 2.45) is 0 Å². The summed E-state index contributed by atoms with van der Waals surface area (Å²) in [6.45, 7) is 0.630. The Hall–Kier alpha value is -2.45. The first-order valence-electron chi connectivity index (χ1n) is 8.41. The van der Waals surface area contributed by atoms with E-state index in [0.29, 0.717) is 32.2 Å². The first-order chi connectivity index (χ1) is 11.8. The van der Waals surface area contributed by atoms with Crippen LogP contribution in [0.5, 0.6) is 0 Å². The lowest BCUT2D eigenvalue weighted by Gasteiger charge is -2.22.